The molecule has 2 aliphatic rings. The predicted molar refractivity (Wildman–Crippen MR) is 301 cm³/mol. The molecule has 0 fully saturated rings. The number of hydrogen-bond acceptors (Lipinski definition) is 4. The molecule has 1 aliphatic carbocycles. The van der Waals surface area contributed by atoms with Crippen LogP contribution in [0.5, 0.6) is 11.5 Å². The zero-order valence-corrected chi connectivity index (χ0v) is 46.0. The van der Waals surface area contributed by atoms with Crippen LogP contribution in [0.1, 0.15) is 163 Å². The molecule has 5 nitrogen and oxygen atoms in total. The first kappa shape index (κ1) is 48.2. The molecule has 0 saturated carbocycles. The third kappa shape index (κ3) is 7.47. The number of ether oxygens (including phenoxy) is 1. The fourth-order valence-corrected chi connectivity index (χ4v) is 11.9. The summed E-state index contributed by atoms with van der Waals surface area (Å²) in [6, 6.07) is 31.9. The number of fused-ring (bicyclic) bond motifs is 9. The van der Waals surface area contributed by atoms with Crippen LogP contribution in [0.15, 0.2) is 96.1 Å². The maximum Gasteiger partial charge on any atom is 0.145 e. The molecular formula is C66H74N4O. The summed E-state index contributed by atoms with van der Waals surface area (Å²) < 4.78 is 9.62. The minimum atomic E-state index is -0.556. The van der Waals surface area contributed by atoms with Crippen molar-refractivity contribution in [2.45, 2.75) is 160 Å². The van der Waals surface area contributed by atoms with Gasteiger partial charge < -0.3 is 9.64 Å². The van der Waals surface area contributed by atoms with Crippen molar-refractivity contribution in [3.05, 3.63) is 180 Å². The van der Waals surface area contributed by atoms with Crippen molar-refractivity contribution in [1.82, 2.24) is 9.55 Å². The van der Waals surface area contributed by atoms with Gasteiger partial charge in [-0.2, -0.15) is 0 Å². The summed E-state index contributed by atoms with van der Waals surface area (Å²) in [7, 11) is 0. The van der Waals surface area contributed by atoms with E-state index in [2.05, 4.69) is 220 Å². The Hall–Kier alpha value is -6.46. The maximum absolute atomic E-state index is 7.30. The molecule has 0 amide bonds. The quantitative estimate of drug-likeness (QED) is 0.167. The zero-order chi connectivity index (χ0) is 51.1. The molecule has 1 aliphatic heterocycles. The first-order chi connectivity index (χ1) is 33.3. The highest BCUT2D eigenvalue weighted by Crippen LogP contribution is 2.61. The summed E-state index contributed by atoms with van der Waals surface area (Å²) in [5.74, 6) is 2.78. The molecule has 10 rings (SSSR count). The highest BCUT2D eigenvalue weighted by Gasteiger charge is 2.55. The maximum atomic E-state index is 7.30. The monoisotopic (exact) mass is 939 g/mol. The van der Waals surface area contributed by atoms with Gasteiger partial charge in [0.15, 0.2) is 0 Å². The topological polar surface area (TPSA) is 42.6 Å². The molecule has 0 spiro atoms. The van der Waals surface area contributed by atoms with Gasteiger partial charge in [-0.05, 0) is 242 Å². The highest BCUT2D eigenvalue weighted by atomic mass is 16.5. The lowest BCUT2D eigenvalue weighted by atomic mass is 9.66. The normalized spacial score (nSPS) is 16.8. The average Bonchev–Trinajstić information content (AvgIpc) is 3.81. The SMILES string of the molecule is Cc1cc2c(c(C)c1C)-c1c(cc(C)c(C)c1C)[C@@]1(C)[C@@H]2N=C(c2cc(Oc3cc(-n4c5ccc(C(C)(C)C)cc5c5cccnc54)cc(C(C)(C)C)c3)cc(C(C)C)c2)N1c1c(C)c(C)cc(C)c1C. The van der Waals surface area contributed by atoms with Crippen LogP contribution < -0.4 is 9.64 Å². The van der Waals surface area contributed by atoms with Crippen molar-refractivity contribution in [2.24, 2.45) is 4.99 Å². The molecular weight excluding hydrogens is 865 g/mol. The smallest absolute Gasteiger partial charge is 0.145 e. The van der Waals surface area contributed by atoms with E-state index < -0.39 is 5.54 Å². The number of anilines is 1. The van der Waals surface area contributed by atoms with Gasteiger partial charge in [-0.1, -0.05) is 79.7 Å². The fourth-order valence-electron chi connectivity index (χ4n) is 11.9. The Morgan fingerprint density at radius 2 is 1.21 bits per heavy atom. The van der Waals surface area contributed by atoms with Crippen LogP contribution in [0, 0.1) is 69.2 Å². The minimum Gasteiger partial charge on any atom is -0.457 e. The number of hydrogen-bond donors (Lipinski definition) is 0. The van der Waals surface area contributed by atoms with Gasteiger partial charge in [0.1, 0.15) is 29.0 Å². The summed E-state index contributed by atoms with van der Waals surface area (Å²) in [5, 5.41) is 2.35. The van der Waals surface area contributed by atoms with Crippen molar-refractivity contribution in [2.75, 3.05) is 4.90 Å². The van der Waals surface area contributed by atoms with Gasteiger partial charge >= 0.3 is 0 Å². The van der Waals surface area contributed by atoms with Crippen LogP contribution in [-0.2, 0) is 16.4 Å². The average molecular weight is 939 g/mol. The van der Waals surface area contributed by atoms with Crippen molar-refractivity contribution in [3.8, 4) is 28.3 Å². The molecule has 0 unspecified atom stereocenters. The van der Waals surface area contributed by atoms with Gasteiger partial charge in [0, 0.05) is 34.3 Å². The lowest BCUT2D eigenvalue weighted by Gasteiger charge is -2.47. The standard InChI is InChI=1S/C66H74N4O/c1-35(2)46-28-47(30-51(29-46)71-52-32-49(65(16,17)18)31-50(34-52)69-57-23-22-48(64(13,14)15)33-54(57)53-21-20-24-67-63(53)69)62-68-61-55-26-38(5)40(7)44(11)58(55)59-45(12)41(8)39(6)27-56(59)66(61,19)70(62)60-42(9)36(3)25-37(4)43(60)10/h20-35,61H,1-19H3/t61-,66+/m1/s1. The third-order valence-electron chi connectivity index (χ3n) is 16.9. The van der Waals surface area contributed by atoms with E-state index >= 15 is 0 Å². The Morgan fingerprint density at radius 1 is 0.592 bits per heavy atom. The number of pyridine rings is 1. The molecule has 364 valence electrons. The molecule has 5 heteroatoms. The Balaban J connectivity index is 1.21. The summed E-state index contributed by atoms with van der Waals surface area (Å²) in [6.45, 7) is 43.7. The first-order valence-corrected chi connectivity index (χ1v) is 25.9. The van der Waals surface area contributed by atoms with E-state index in [9.17, 15) is 0 Å². The minimum absolute atomic E-state index is 0.0121. The van der Waals surface area contributed by atoms with Gasteiger partial charge in [-0.3, -0.25) is 9.56 Å². The summed E-state index contributed by atoms with van der Waals surface area (Å²) in [5.41, 5.74) is 26.9. The number of amidine groups is 1. The summed E-state index contributed by atoms with van der Waals surface area (Å²) in [4.78, 5) is 13.8. The number of rotatable bonds is 6. The largest absolute Gasteiger partial charge is 0.457 e. The molecule has 6 aromatic carbocycles. The van der Waals surface area contributed by atoms with Crippen LogP contribution in [0.4, 0.5) is 5.69 Å². The van der Waals surface area contributed by atoms with E-state index in [0.29, 0.717) is 0 Å². The number of benzene rings is 6. The van der Waals surface area contributed by atoms with Gasteiger partial charge in [0.2, 0.25) is 0 Å². The summed E-state index contributed by atoms with van der Waals surface area (Å²) >= 11 is 0. The van der Waals surface area contributed by atoms with Crippen LogP contribution in [0.3, 0.4) is 0 Å². The number of aliphatic imine (C=N–C) groups is 1. The van der Waals surface area contributed by atoms with Crippen LogP contribution in [-0.4, -0.2) is 15.4 Å². The second-order valence-electron chi connectivity index (χ2n) is 23.9. The molecule has 8 aromatic rings. The van der Waals surface area contributed by atoms with E-state index in [4.69, 9.17) is 14.7 Å². The van der Waals surface area contributed by atoms with E-state index in [0.717, 1.165) is 45.1 Å². The molecule has 2 aromatic heterocycles. The number of nitrogens with zero attached hydrogens (tertiary/aromatic N) is 4. The van der Waals surface area contributed by atoms with E-state index in [1.807, 2.05) is 12.3 Å². The molecule has 71 heavy (non-hydrogen) atoms. The lowest BCUT2D eigenvalue weighted by molar-refractivity contribution is 0.420. The van der Waals surface area contributed by atoms with Crippen LogP contribution in [0.2, 0.25) is 0 Å². The van der Waals surface area contributed by atoms with E-state index in [1.165, 1.54) is 106 Å². The van der Waals surface area contributed by atoms with Crippen LogP contribution >= 0.6 is 0 Å². The van der Waals surface area contributed by atoms with E-state index in [1.54, 1.807) is 0 Å². The Kier molecular flexibility index (Phi) is 11.2. The van der Waals surface area contributed by atoms with Crippen LogP contribution in [0.25, 0.3) is 38.8 Å². The van der Waals surface area contributed by atoms with Gasteiger partial charge in [-0.15, -0.1) is 0 Å². The molecule has 0 saturated heterocycles. The highest BCUT2D eigenvalue weighted by molar-refractivity contribution is 6.15. The van der Waals surface area contributed by atoms with Gasteiger partial charge in [-0.25, -0.2) is 4.98 Å². The summed E-state index contributed by atoms with van der Waals surface area (Å²) in [6.07, 6.45) is 1.91. The molecule has 2 atom stereocenters. The van der Waals surface area contributed by atoms with Crippen molar-refractivity contribution in [3.63, 3.8) is 0 Å². The van der Waals surface area contributed by atoms with Gasteiger partial charge in [0.25, 0.3) is 0 Å². The third-order valence-corrected chi connectivity index (χ3v) is 16.9. The Morgan fingerprint density at radius 3 is 1.86 bits per heavy atom. The molecule has 0 bridgehead atoms. The molecule has 0 radical (unpaired) electrons. The first-order valence-electron chi connectivity index (χ1n) is 25.9. The van der Waals surface area contributed by atoms with Crippen molar-refractivity contribution in [1.29, 1.82) is 0 Å². The zero-order valence-electron chi connectivity index (χ0n) is 46.0. The van der Waals surface area contributed by atoms with Crippen molar-refractivity contribution >= 4 is 33.5 Å². The fraction of sp³-hybridized carbons (Fsp3) is 0.364. The molecule has 0 N–H and O–H groups in total. The second-order valence-corrected chi connectivity index (χ2v) is 23.9. The van der Waals surface area contributed by atoms with Gasteiger partial charge in [0.05, 0.1) is 16.7 Å². The Labute approximate surface area is 424 Å². The predicted octanol–water partition coefficient (Wildman–Crippen LogP) is 17.7. The van der Waals surface area contributed by atoms with E-state index in [-0.39, 0.29) is 22.8 Å². The number of aromatic nitrogens is 2. The Bertz CT molecular complexity index is 3560. The number of aryl methyl sites for hydroxylation is 4. The second kappa shape index (κ2) is 16.6. The lowest BCUT2D eigenvalue weighted by Crippen LogP contribution is -2.49. The molecule has 3 heterocycles. The van der Waals surface area contributed by atoms with Crippen molar-refractivity contribution < 1.29 is 4.74 Å².